The molecule has 1 aliphatic heterocycles. The molecule has 4 heteroatoms. The number of hydrogen-bond acceptors (Lipinski definition) is 3. The highest BCUT2D eigenvalue weighted by atomic mass is 28.3. The van der Waals surface area contributed by atoms with Crippen molar-refractivity contribution in [3.63, 3.8) is 0 Å². The highest BCUT2D eigenvalue weighted by molar-refractivity contribution is 6.48. The van der Waals surface area contributed by atoms with Gasteiger partial charge in [-0.15, -0.1) is 0 Å². The molecule has 3 nitrogen and oxygen atoms in total. The topological polar surface area (TPSA) is 32.7 Å². The minimum atomic E-state index is -1.06. The molecule has 0 amide bonds. The molecule has 1 heterocycles. The molecule has 1 N–H and O–H groups in total. The van der Waals surface area contributed by atoms with Gasteiger partial charge in [0.25, 0.3) is 0 Å². The first-order chi connectivity index (χ1) is 4.79. The molecule has 0 unspecified atom stereocenters. The predicted octanol–water partition coefficient (Wildman–Crippen LogP) is -0.529. The first kappa shape index (κ1) is 8.20. The average molecular weight is 160 g/mol. The van der Waals surface area contributed by atoms with Crippen molar-refractivity contribution in [3.05, 3.63) is 0 Å². The summed E-state index contributed by atoms with van der Waals surface area (Å²) in [5, 5.41) is 0. The number of hydrogen-bond donors (Lipinski definition) is 1. The molecule has 0 spiro atoms. The van der Waals surface area contributed by atoms with Crippen LogP contribution in [-0.2, 0) is 4.74 Å². The second-order valence-corrected chi connectivity index (χ2v) is 4.41. The third kappa shape index (κ3) is 2.79. The van der Waals surface area contributed by atoms with Gasteiger partial charge in [-0.3, -0.25) is 4.90 Å². The van der Waals surface area contributed by atoms with E-state index in [0.717, 1.165) is 32.5 Å². The Labute approximate surface area is 63.3 Å². The van der Waals surface area contributed by atoms with Crippen molar-refractivity contribution in [1.29, 1.82) is 0 Å². The lowest BCUT2D eigenvalue weighted by Crippen LogP contribution is -2.41. The van der Waals surface area contributed by atoms with Crippen molar-refractivity contribution in [1.82, 2.24) is 4.90 Å². The van der Waals surface area contributed by atoms with Crippen LogP contribution in [0.2, 0.25) is 6.55 Å². The maximum absolute atomic E-state index is 9.12. The van der Waals surface area contributed by atoms with Gasteiger partial charge in [-0.1, -0.05) is 0 Å². The van der Waals surface area contributed by atoms with Gasteiger partial charge in [0, 0.05) is 19.3 Å². The molecule has 59 valence electrons. The lowest BCUT2D eigenvalue weighted by Gasteiger charge is -2.26. The van der Waals surface area contributed by atoms with E-state index in [-0.39, 0.29) is 0 Å². The molecule has 1 fully saturated rings. The summed E-state index contributed by atoms with van der Waals surface area (Å²) in [7, 11) is -1.06. The molecular weight excluding hydrogens is 146 g/mol. The summed E-state index contributed by atoms with van der Waals surface area (Å²) < 4.78 is 5.17. The van der Waals surface area contributed by atoms with E-state index in [1.165, 1.54) is 0 Å². The third-order valence-corrected chi connectivity index (χ3v) is 2.46. The minimum absolute atomic E-state index is 0.829. The number of ether oxygens (including phenoxy) is 1. The van der Waals surface area contributed by atoms with Crippen LogP contribution in [0.25, 0.3) is 0 Å². The van der Waals surface area contributed by atoms with Crippen LogP contribution in [-0.4, -0.2) is 51.2 Å². The highest BCUT2D eigenvalue weighted by Crippen LogP contribution is 1.96. The van der Waals surface area contributed by atoms with Gasteiger partial charge in [0.2, 0.25) is 9.04 Å². The van der Waals surface area contributed by atoms with E-state index in [1.54, 1.807) is 0 Å². The SMILES string of the molecule is C[Si](O)CN1CCOCC1. The maximum Gasteiger partial charge on any atom is 0.218 e. The molecule has 0 atom stereocenters. The molecular formula is C6H14NO2Si. The molecule has 0 aromatic heterocycles. The number of nitrogens with zero attached hydrogens (tertiary/aromatic N) is 1. The molecule has 1 saturated heterocycles. The fourth-order valence-corrected chi connectivity index (χ4v) is 2.05. The van der Waals surface area contributed by atoms with Gasteiger partial charge in [0.1, 0.15) is 0 Å². The number of rotatable bonds is 2. The standard InChI is InChI=1S/C6H14NO2Si/c1-10(8)6-7-2-4-9-5-3-7/h8H,2-6H2,1H3. The summed E-state index contributed by atoms with van der Waals surface area (Å²) in [6.07, 6.45) is 0.883. The first-order valence-electron chi connectivity index (χ1n) is 3.60. The van der Waals surface area contributed by atoms with Crippen LogP contribution in [0.1, 0.15) is 0 Å². The molecule has 0 saturated carbocycles. The van der Waals surface area contributed by atoms with Gasteiger partial charge in [-0.2, -0.15) is 0 Å². The molecule has 0 aromatic carbocycles. The molecule has 0 aliphatic carbocycles. The minimum Gasteiger partial charge on any atom is -0.430 e. The lowest BCUT2D eigenvalue weighted by molar-refractivity contribution is 0.0449. The van der Waals surface area contributed by atoms with Crippen molar-refractivity contribution in [2.45, 2.75) is 6.55 Å². The van der Waals surface area contributed by atoms with Gasteiger partial charge < -0.3 is 9.53 Å². The van der Waals surface area contributed by atoms with E-state index in [4.69, 9.17) is 9.53 Å². The normalized spacial score (nSPS) is 21.9. The molecule has 1 aliphatic rings. The molecule has 0 aromatic rings. The van der Waals surface area contributed by atoms with Crippen LogP contribution in [0.15, 0.2) is 0 Å². The van der Waals surface area contributed by atoms with Crippen molar-refractivity contribution in [2.75, 3.05) is 32.5 Å². The predicted molar refractivity (Wildman–Crippen MR) is 41.1 cm³/mol. The Morgan fingerprint density at radius 1 is 1.50 bits per heavy atom. The van der Waals surface area contributed by atoms with Crippen LogP contribution in [0.5, 0.6) is 0 Å². The second kappa shape index (κ2) is 4.08. The fraction of sp³-hybridized carbons (Fsp3) is 1.00. The Morgan fingerprint density at radius 2 is 2.10 bits per heavy atom. The largest absolute Gasteiger partial charge is 0.430 e. The van der Waals surface area contributed by atoms with Crippen molar-refractivity contribution < 1.29 is 9.53 Å². The van der Waals surface area contributed by atoms with Crippen molar-refractivity contribution >= 4 is 9.04 Å². The van der Waals surface area contributed by atoms with E-state index in [2.05, 4.69) is 4.90 Å². The van der Waals surface area contributed by atoms with Crippen LogP contribution in [0.4, 0.5) is 0 Å². The summed E-state index contributed by atoms with van der Waals surface area (Å²) >= 11 is 0. The molecule has 0 bridgehead atoms. The average Bonchev–Trinajstić information content (AvgIpc) is 1.88. The fourth-order valence-electron chi connectivity index (χ4n) is 1.08. The van der Waals surface area contributed by atoms with E-state index in [9.17, 15) is 0 Å². The van der Waals surface area contributed by atoms with Gasteiger partial charge in [0.15, 0.2) is 0 Å². The van der Waals surface area contributed by atoms with Crippen molar-refractivity contribution in [3.8, 4) is 0 Å². The Balaban J connectivity index is 2.13. The lowest BCUT2D eigenvalue weighted by atomic mass is 10.5. The molecule has 1 rings (SSSR count). The van der Waals surface area contributed by atoms with E-state index < -0.39 is 9.04 Å². The van der Waals surface area contributed by atoms with Gasteiger partial charge in [-0.05, 0) is 6.55 Å². The molecule has 1 radical (unpaired) electrons. The van der Waals surface area contributed by atoms with Crippen LogP contribution in [0, 0.1) is 0 Å². The summed E-state index contributed by atoms with van der Waals surface area (Å²) in [6, 6.07) is 0. The van der Waals surface area contributed by atoms with E-state index >= 15 is 0 Å². The molecule has 10 heavy (non-hydrogen) atoms. The smallest absolute Gasteiger partial charge is 0.218 e. The summed E-state index contributed by atoms with van der Waals surface area (Å²) in [4.78, 5) is 11.4. The first-order valence-corrected chi connectivity index (χ1v) is 5.76. The Morgan fingerprint density at radius 3 is 2.60 bits per heavy atom. The Bertz CT molecular complexity index is 93.7. The Kier molecular flexibility index (Phi) is 3.34. The maximum atomic E-state index is 9.12. The zero-order valence-electron chi connectivity index (χ0n) is 6.34. The zero-order chi connectivity index (χ0) is 7.40. The van der Waals surface area contributed by atoms with Gasteiger partial charge >= 0.3 is 0 Å². The summed E-state index contributed by atoms with van der Waals surface area (Å²) in [5.41, 5.74) is 0. The van der Waals surface area contributed by atoms with E-state index in [1.807, 2.05) is 6.55 Å². The monoisotopic (exact) mass is 160 g/mol. The summed E-state index contributed by atoms with van der Waals surface area (Å²) in [6.45, 7) is 5.55. The van der Waals surface area contributed by atoms with Gasteiger partial charge in [-0.25, -0.2) is 0 Å². The second-order valence-electron chi connectivity index (χ2n) is 2.62. The number of morpholine rings is 1. The van der Waals surface area contributed by atoms with Crippen molar-refractivity contribution in [2.24, 2.45) is 0 Å². The summed E-state index contributed by atoms with van der Waals surface area (Å²) in [5.74, 6) is 0. The Hall–Kier alpha value is 0.0969. The highest BCUT2D eigenvalue weighted by Gasteiger charge is 2.12. The quantitative estimate of drug-likeness (QED) is 0.551. The zero-order valence-corrected chi connectivity index (χ0v) is 7.34. The van der Waals surface area contributed by atoms with Crippen LogP contribution in [0.3, 0.4) is 0 Å². The van der Waals surface area contributed by atoms with Crippen LogP contribution < -0.4 is 0 Å². The van der Waals surface area contributed by atoms with Gasteiger partial charge in [0.05, 0.1) is 13.2 Å². The van der Waals surface area contributed by atoms with Crippen LogP contribution >= 0.6 is 0 Å². The van der Waals surface area contributed by atoms with E-state index in [0.29, 0.717) is 0 Å². The third-order valence-electron chi connectivity index (χ3n) is 1.56.